The van der Waals surface area contributed by atoms with Gasteiger partial charge in [0.1, 0.15) is 5.82 Å². The average Bonchev–Trinajstić information content (AvgIpc) is 2.78. The third-order valence-corrected chi connectivity index (χ3v) is 3.32. The Kier molecular flexibility index (Phi) is 3.78. The first-order valence-electron chi connectivity index (χ1n) is 6.18. The van der Waals surface area contributed by atoms with Crippen LogP contribution in [0.1, 0.15) is 25.6 Å². The van der Waals surface area contributed by atoms with Gasteiger partial charge in [0.25, 0.3) is 0 Å². The molecule has 0 saturated carbocycles. The number of rotatable bonds is 4. The Morgan fingerprint density at radius 2 is 2.41 bits per heavy atom. The van der Waals surface area contributed by atoms with Crippen molar-refractivity contribution in [1.82, 2.24) is 19.8 Å². The third kappa shape index (κ3) is 2.85. The zero-order valence-electron chi connectivity index (χ0n) is 10.5. The quantitative estimate of drug-likeness (QED) is 0.833. The number of carbonyl (C=O) groups excluding carboxylic acids is 1. The number of amides is 1. The number of piperidine rings is 1. The maximum atomic E-state index is 11.4. The van der Waals surface area contributed by atoms with Crippen LogP contribution in [-0.4, -0.2) is 40.0 Å². The van der Waals surface area contributed by atoms with Crippen molar-refractivity contribution in [2.75, 3.05) is 13.6 Å². The molecule has 0 aliphatic carbocycles. The number of carbonyl (C=O) groups is 1. The van der Waals surface area contributed by atoms with E-state index in [-0.39, 0.29) is 5.91 Å². The molecule has 1 saturated heterocycles. The number of imidazole rings is 1. The molecule has 94 valence electrons. The standard InChI is InChI=1S/C12H20N4O/c1-3-16-7-6-13-11(16)8-14-10-4-5-12(17)15(2)9-10/h6-7,10,14H,3-5,8-9H2,1-2H3. The average molecular weight is 236 g/mol. The molecule has 0 spiro atoms. The fourth-order valence-electron chi connectivity index (χ4n) is 2.21. The van der Waals surface area contributed by atoms with E-state index in [1.54, 1.807) is 4.90 Å². The van der Waals surface area contributed by atoms with Crippen LogP contribution in [0, 0.1) is 0 Å². The molecular formula is C12H20N4O. The molecule has 1 aliphatic heterocycles. The zero-order chi connectivity index (χ0) is 12.3. The SMILES string of the molecule is CCn1ccnc1CNC1CCC(=O)N(C)C1. The molecule has 1 atom stereocenters. The van der Waals surface area contributed by atoms with E-state index in [0.717, 1.165) is 31.9 Å². The highest BCUT2D eigenvalue weighted by Crippen LogP contribution is 2.10. The van der Waals surface area contributed by atoms with Crippen molar-refractivity contribution >= 4 is 5.91 Å². The largest absolute Gasteiger partial charge is 0.344 e. The number of likely N-dealkylation sites (tertiary alicyclic amines) is 1. The van der Waals surface area contributed by atoms with Crippen LogP contribution in [0.3, 0.4) is 0 Å². The minimum absolute atomic E-state index is 0.248. The van der Waals surface area contributed by atoms with Crippen LogP contribution in [0.15, 0.2) is 12.4 Å². The van der Waals surface area contributed by atoms with Gasteiger partial charge in [-0.05, 0) is 13.3 Å². The van der Waals surface area contributed by atoms with Crippen LogP contribution in [0.25, 0.3) is 0 Å². The van der Waals surface area contributed by atoms with E-state index in [1.807, 2.05) is 19.4 Å². The first-order valence-corrected chi connectivity index (χ1v) is 6.18. The predicted molar refractivity (Wildman–Crippen MR) is 65.4 cm³/mol. The van der Waals surface area contributed by atoms with Gasteiger partial charge in [-0.15, -0.1) is 0 Å². The molecule has 1 unspecified atom stereocenters. The molecule has 2 rings (SSSR count). The summed E-state index contributed by atoms with van der Waals surface area (Å²) in [6, 6.07) is 0.389. The maximum Gasteiger partial charge on any atom is 0.222 e. The van der Waals surface area contributed by atoms with Gasteiger partial charge in [-0.2, -0.15) is 0 Å². The van der Waals surface area contributed by atoms with Gasteiger partial charge >= 0.3 is 0 Å². The van der Waals surface area contributed by atoms with E-state index in [0.29, 0.717) is 12.5 Å². The smallest absolute Gasteiger partial charge is 0.222 e. The van der Waals surface area contributed by atoms with Crippen molar-refractivity contribution in [3.8, 4) is 0 Å². The van der Waals surface area contributed by atoms with Crippen LogP contribution in [-0.2, 0) is 17.9 Å². The van der Waals surface area contributed by atoms with Gasteiger partial charge in [0.05, 0.1) is 6.54 Å². The fraction of sp³-hybridized carbons (Fsp3) is 0.667. The van der Waals surface area contributed by atoms with Crippen LogP contribution in [0.2, 0.25) is 0 Å². The molecule has 1 N–H and O–H groups in total. The molecular weight excluding hydrogens is 216 g/mol. The Labute approximate surface area is 102 Å². The summed E-state index contributed by atoms with van der Waals surface area (Å²) in [6.45, 7) is 4.62. The van der Waals surface area contributed by atoms with Crippen molar-refractivity contribution in [2.45, 2.75) is 38.9 Å². The van der Waals surface area contributed by atoms with Crippen LogP contribution in [0.4, 0.5) is 0 Å². The predicted octanol–water partition coefficient (Wildman–Crippen LogP) is 0.613. The van der Waals surface area contributed by atoms with Gasteiger partial charge < -0.3 is 14.8 Å². The van der Waals surface area contributed by atoms with Gasteiger partial charge in [-0.3, -0.25) is 4.79 Å². The van der Waals surface area contributed by atoms with Gasteiger partial charge in [0.15, 0.2) is 0 Å². The van der Waals surface area contributed by atoms with Crippen molar-refractivity contribution in [1.29, 1.82) is 0 Å². The molecule has 0 aromatic carbocycles. The summed E-state index contributed by atoms with van der Waals surface area (Å²) in [5, 5.41) is 3.47. The molecule has 1 aromatic heterocycles. The molecule has 1 fully saturated rings. The molecule has 1 aromatic rings. The summed E-state index contributed by atoms with van der Waals surface area (Å²) in [4.78, 5) is 17.5. The highest BCUT2D eigenvalue weighted by molar-refractivity contribution is 5.76. The molecule has 17 heavy (non-hydrogen) atoms. The number of aromatic nitrogens is 2. The second-order valence-corrected chi connectivity index (χ2v) is 4.52. The minimum Gasteiger partial charge on any atom is -0.344 e. The fourth-order valence-corrected chi connectivity index (χ4v) is 2.21. The Hall–Kier alpha value is -1.36. The topological polar surface area (TPSA) is 50.2 Å². The molecule has 5 heteroatoms. The molecule has 2 heterocycles. The number of likely N-dealkylation sites (N-methyl/N-ethyl adjacent to an activating group) is 1. The number of aryl methyl sites for hydroxylation is 1. The molecule has 1 amide bonds. The lowest BCUT2D eigenvalue weighted by molar-refractivity contribution is -0.132. The van der Waals surface area contributed by atoms with Gasteiger partial charge in [0, 0.05) is 45.0 Å². The Morgan fingerprint density at radius 3 is 3.12 bits per heavy atom. The van der Waals surface area contributed by atoms with Crippen LogP contribution in [0.5, 0.6) is 0 Å². The second kappa shape index (κ2) is 5.31. The van der Waals surface area contributed by atoms with Crippen molar-refractivity contribution in [2.24, 2.45) is 0 Å². The number of nitrogens with zero attached hydrogens (tertiary/aromatic N) is 3. The van der Waals surface area contributed by atoms with Crippen LogP contribution < -0.4 is 5.32 Å². The lowest BCUT2D eigenvalue weighted by atomic mass is 10.1. The van der Waals surface area contributed by atoms with E-state index < -0.39 is 0 Å². The Balaban J connectivity index is 1.84. The molecule has 5 nitrogen and oxygen atoms in total. The minimum atomic E-state index is 0.248. The summed E-state index contributed by atoms with van der Waals surface area (Å²) in [7, 11) is 1.86. The first-order chi connectivity index (χ1) is 8.20. The summed E-state index contributed by atoms with van der Waals surface area (Å²) in [5.41, 5.74) is 0. The summed E-state index contributed by atoms with van der Waals surface area (Å²) in [6.07, 6.45) is 5.40. The second-order valence-electron chi connectivity index (χ2n) is 4.52. The highest BCUT2D eigenvalue weighted by atomic mass is 16.2. The molecule has 0 bridgehead atoms. The van der Waals surface area contributed by atoms with Crippen molar-refractivity contribution in [3.05, 3.63) is 18.2 Å². The number of hydrogen-bond donors (Lipinski definition) is 1. The first kappa shape index (κ1) is 12.1. The third-order valence-electron chi connectivity index (χ3n) is 3.32. The Bertz CT molecular complexity index is 388. The van der Waals surface area contributed by atoms with Gasteiger partial charge in [-0.1, -0.05) is 0 Å². The summed E-state index contributed by atoms with van der Waals surface area (Å²) >= 11 is 0. The normalized spacial score (nSPS) is 20.9. The lowest BCUT2D eigenvalue weighted by Gasteiger charge is -2.30. The van der Waals surface area contributed by atoms with Crippen LogP contribution >= 0.6 is 0 Å². The Morgan fingerprint density at radius 1 is 1.59 bits per heavy atom. The van der Waals surface area contributed by atoms with E-state index in [9.17, 15) is 4.79 Å². The van der Waals surface area contributed by atoms with E-state index in [2.05, 4.69) is 21.8 Å². The van der Waals surface area contributed by atoms with Crippen molar-refractivity contribution in [3.63, 3.8) is 0 Å². The van der Waals surface area contributed by atoms with Gasteiger partial charge in [-0.25, -0.2) is 4.98 Å². The number of nitrogens with one attached hydrogen (secondary N) is 1. The molecule has 0 radical (unpaired) electrons. The van der Waals surface area contributed by atoms with Crippen molar-refractivity contribution < 1.29 is 4.79 Å². The summed E-state index contributed by atoms with van der Waals surface area (Å²) < 4.78 is 2.13. The molecule has 1 aliphatic rings. The van der Waals surface area contributed by atoms with E-state index >= 15 is 0 Å². The van der Waals surface area contributed by atoms with E-state index in [4.69, 9.17) is 0 Å². The zero-order valence-corrected chi connectivity index (χ0v) is 10.5. The summed E-state index contributed by atoms with van der Waals surface area (Å²) in [5.74, 6) is 1.31. The van der Waals surface area contributed by atoms with Gasteiger partial charge in [0.2, 0.25) is 5.91 Å². The highest BCUT2D eigenvalue weighted by Gasteiger charge is 2.22. The number of hydrogen-bond acceptors (Lipinski definition) is 3. The lowest BCUT2D eigenvalue weighted by Crippen LogP contribution is -2.46. The van der Waals surface area contributed by atoms with E-state index in [1.165, 1.54) is 0 Å². The monoisotopic (exact) mass is 236 g/mol. The maximum absolute atomic E-state index is 11.4.